The van der Waals surface area contributed by atoms with Gasteiger partial charge in [-0.3, -0.25) is 0 Å². The fourth-order valence-electron chi connectivity index (χ4n) is 0.720. The molecule has 0 aliphatic heterocycles. The molecule has 0 bridgehead atoms. The summed E-state index contributed by atoms with van der Waals surface area (Å²) in [5.41, 5.74) is 0. The SMILES string of the molecule is C=CCOC(=O)N(CCCl)CCCl. The monoisotopic (exact) mass is 225 g/mol. The Balaban J connectivity index is 3.86. The summed E-state index contributed by atoms with van der Waals surface area (Å²) in [4.78, 5) is 12.7. The first-order valence-electron chi connectivity index (χ1n) is 3.90. The summed E-state index contributed by atoms with van der Waals surface area (Å²) in [6.07, 6.45) is 1.11. The van der Waals surface area contributed by atoms with Gasteiger partial charge in [-0.2, -0.15) is 0 Å². The van der Waals surface area contributed by atoms with Crippen molar-refractivity contribution in [2.24, 2.45) is 0 Å². The predicted molar refractivity (Wildman–Crippen MR) is 54.6 cm³/mol. The highest BCUT2D eigenvalue weighted by Crippen LogP contribution is 1.96. The van der Waals surface area contributed by atoms with Gasteiger partial charge in [0.25, 0.3) is 0 Å². The van der Waals surface area contributed by atoms with Crippen LogP contribution in [0.4, 0.5) is 4.79 Å². The predicted octanol–water partition coefficient (Wildman–Crippen LogP) is 2.09. The fourth-order valence-corrected chi connectivity index (χ4v) is 1.13. The van der Waals surface area contributed by atoms with Gasteiger partial charge in [0, 0.05) is 24.8 Å². The molecule has 0 atom stereocenters. The van der Waals surface area contributed by atoms with E-state index in [2.05, 4.69) is 6.58 Å². The van der Waals surface area contributed by atoms with Gasteiger partial charge in [-0.25, -0.2) is 4.79 Å². The van der Waals surface area contributed by atoms with Gasteiger partial charge in [-0.15, -0.1) is 23.2 Å². The van der Waals surface area contributed by atoms with Crippen LogP contribution in [0.2, 0.25) is 0 Å². The maximum Gasteiger partial charge on any atom is 0.410 e. The number of ether oxygens (including phenoxy) is 1. The van der Waals surface area contributed by atoms with E-state index in [-0.39, 0.29) is 6.61 Å². The summed E-state index contributed by atoms with van der Waals surface area (Å²) in [5.74, 6) is 0.750. The average Bonchev–Trinajstić information content (AvgIpc) is 2.14. The van der Waals surface area contributed by atoms with E-state index >= 15 is 0 Å². The molecule has 13 heavy (non-hydrogen) atoms. The highest BCUT2D eigenvalue weighted by molar-refractivity contribution is 6.18. The van der Waals surface area contributed by atoms with Crippen molar-refractivity contribution < 1.29 is 9.53 Å². The van der Waals surface area contributed by atoms with Crippen molar-refractivity contribution in [3.8, 4) is 0 Å². The number of rotatable bonds is 6. The maximum atomic E-state index is 11.2. The molecule has 0 fully saturated rings. The minimum atomic E-state index is -0.402. The Kier molecular flexibility index (Phi) is 7.94. The van der Waals surface area contributed by atoms with Crippen LogP contribution in [-0.2, 0) is 4.74 Å². The number of hydrogen-bond donors (Lipinski definition) is 0. The lowest BCUT2D eigenvalue weighted by Gasteiger charge is -2.19. The minimum absolute atomic E-state index is 0.208. The van der Waals surface area contributed by atoms with Crippen molar-refractivity contribution in [2.75, 3.05) is 31.5 Å². The fraction of sp³-hybridized carbons (Fsp3) is 0.625. The quantitative estimate of drug-likeness (QED) is 0.512. The third kappa shape index (κ3) is 5.77. The van der Waals surface area contributed by atoms with E-state index in [9.17, 15) is 4.79 Å². The summed E-state index contributed by atoms with van der Waals surface area (Å²) in [6, 6.07) is 0. The molecule has 0 aromatic rings. The van der Waals surface area contributed by atoms with Crippen molar-refractivity contribution in [1.82, 2.24) is 4.90 Å². The summed E-state index contributed by atoms with van der Waals surface area (Å²) in [7, 11) is 0. The molecule has 0 aliphatic rings. The Bertz CT molecular complexity index is 158. The molecule has 5 heteroatoms. The van der Waals surface area contributed by atoms with Crippen LogP contribution < -0.4 is 0 Å². The van der Waals surface area contributed by atoms with Crippen LogP contribution in [0.1, 0.15) is 0 Å². The second-order valence-corrected chi connectivity index (χ2v) is 2.99. The molecule has 1 amide bonds. The van der Waals surface area contributed by atoms with Gasteiger partial charge in [0.1, 0.15) is 6.61 Å². The van der Waals surface area contributed by atoms with E-state index in [4.69, 9.17) is 27.9 Å². The van der Waals surface area contributed by atoms with Crippen LogP contribution in [0.15, 0.2) is 12.7 Å². The molecule has 0 radical (unpaired) electrons. The number of alkyl halides is 2. The Morgan fingerprint density at radius 1 is 1.38 bits per heavy atom. The molecule has 3 nitrogen and oxygen atoms in total. The van der Waals surface area contributed by atoms with Crippen molar-refractivity contribution in [2.45, 2.75) is 0 Å². The Hall–Kier alpha value is -0.410. The zero-order valence-corrected chi connectivity index (χ0v) is 8.85. The maximum absolute atomic E-state index is 11.2. The van der Waals surface area contributed by atoms with Gasteiger partial charge in [-0.05, 0) is 0 Å². The van der Waals surface area contributed by atoms with Gasteiger partial charge in [0.2, 0.25) is 0 Å². The van der Waals surface area contributed by atoms with E-state index < -0.39 is 6.09 Å². The first-order valence-corrected chi connectivity index (χ1v) is 4.97. The molecular formula is C8H13Cl2NO2. The second-order valence-electron chi connectivity index (χ2n) is 2.23. The molecule has 0 N–H and O–H groups in total. The third-order valence-electron chi connectivity index (χ3n) is 1.29. The number of nitrogens with zero attached hydrogens (tertiary/aromatic N) is 1. The van der Waals surface area contributed by atoms with Crippen molar-refractivity contribution >= 4 is 29.3 Å². The van der Waals surface area contributed by atoms with Crippen LogP contribution >= 0.6 is 23.2 Å². The summed E-state index contributed by atoms with van der Waals surface area (Å²) >= 11 is 11.0. The zero-order valence-electron chi connectivity index (χ0n) is 7.34. The summed E-state index contributed by atoms with van der Waals surface area (Å²) < 4.78 is 4.81. The molecule has 0 saturated heterocycles. The largest absolute Gasteiger partial charge is 0.445 e. The van der Waals surface area contributed by atoms with Crippen LogP contribution in [0.5, 0.6) is 0 Å². The lowest BCUT2D eigenvalue weighted by molar-refractivity contribution is 0.117. The first kappa shape index (κ1) is 12.6. The number of hydrogen-bond acceptors (Lipinski definition) is 2. The normalized spacial score (nSPS) is 9.38. The van der Waals surface area contributed by atoms with Crippen molar-refractivity contribution in [3.05, 3.63) is 12.7 Å². The highest BCUT2D eigenvalue weighted by atomic mass is 35.5. The highest BCUT2D eigenvalue weighted by Gasteiger charge is 2.12. The molecular weight excluding hydrogens is 213 g/mol. The minimum Gasteiger partial charge on any atom is -0.445 e. The lowest BCUT2D eigenvalue weighted by atomic mass is 10.5. The smallest absolute Gasteiger partial charge is 0.410 e. The Morgan fingerprint density at radius 2 is 1.92 bits per heavy atom. The number of carbonyl (C=O) groups excluding carboxylic acids is 1. The second kappa shape index (κ2) is 8.20. The molecule has 0 heterocycles. The Morgan fingerprint density at radius 3 is 2.31 bits per heavy atom. The standard InChI is InChI=1S/C8H13Cl2NO2/c1-2-7-13-8(12)11(5-3-9)6-4-10/h2H,1,3-7H2. The molecule has 0 aliphatic carbocycles. The van der Waals surface area contributed by atoms with Gasteiger partial charge in [0.05, 0.1) is 0 Å². The van der Waals surface area contributed by atoms with Crippen molar-refractivity contribution in [3.63, 3.8) is 0 Å². The number of halogens is 2. The van der Waals surface area contributed by atoms with E-state index in [1.807, 2.05) is 0 Å². The van der Waals surface area contributed by atoms with Gasteiger partial charge < -0.3 is 9.64 Å². The molecule has 0 saturated carbocycles. The molecule has 76 valence electrons. The lowest BCUT2D eigenvalue weighted by Crippen LogP contribution is -2.34. The zero-order chi connectivity index (χ0) is 10.1. The number of carbonyl (C=O) groups is 1. The average molecular weight is 226 g/mol. The summed E-state index contributed by atoms with van der Waals surface area (Å²) in [5, 5.41) is 0. The van der Waals surface area contributed by atoms with Crippen LogP contribution in [0, 0.1) is 0 Å². The van der Waals surface area contributed by atoms with Crippen LogP contribution in [0.25, 0.3) is 0 Å². The molecule has 0 spiro atoms. The van der Waals surface area contributed by atoms with Crippen molar-refractivity contribution in [1.29, 1.82) is 0 Å². The van der Waals surface area contributed by atoms with Gasteiger partial charge in [0.15, 0.2) is 0 Å². The molecule has 0 aromatic heterocycles. The molecule has 0 rings (SSSR count). The van der Waals surface area contributed by atoms with Gasteiger partial charge >= 0.3 is 6.09 Å². The van der Waals surface area contributed by atoms with Crippen LogP contribution in [-0.4, -0.2) is 42.4 Å². The topological polar surface area (TPSA) is 29.5 Å². The van der Waals surface area contributed by atoms with E-state index in [0.29, 0.717) is 24.8 Å². The molecule has 0 unspecified atom stereocenters. The van der Waals surface area contributed by atoms with Gasteiger partial charge in [-0.1, -0.05) is 12.7 Å². The third-order valence-corrected chi connectivity index (χ3v) is 1.63. The van der Waals surface area contributed by atoms with E-state index in [1.54, 1.807) is 0 Å². The van der Waals surface area contributed by atoms with E-state index in [1.165, 1.54) is 11.0 Å². The first-order chi connectivity index (χ1) is 6.26. The number of amides is 1. The Labute approximate surface area is 88.2 Å². The summed E-state index contributed by atoms with van der Waals surface area (Å²) in [6.45, 7) is 4.54. The van der Waals surface area contributed by atoms with Crippen LogP contribution in [0.3, 0.4) is 0 Å². The van der Waals surface area contributed by atoms with E-state index in [0.717, 1.165) is 0 Å². The molecule has 0 aromatic carbocycles.